The van der Waals surface area contributed by atoms with Gasteiger partial charge in [-0.2, -0.15) is 0 Å². The zero-order valence-electron chi connectivity index (χ0n) is 8.61. The number of hydrogen-bond acceptors (Lipinski definition) is 8. The molecular weight excluding hydrogens is 252 g/mol. The van der Waals surface area contributed by atoms with Gasteiger partial charge in [-0.1, -0.05) is 0 Å². The summed E-state index contributed by atoms with van der Waals surface area (Å²) < 4.78 is 0. The Kier molecular flexibility index (Phi) is 32.0. The maximum absolute atomic E-state index is 8.50. The van der Waals surface area contributed by atoms with Crippen LogP contribution in [0.4, 0.5) is 0 Å². The van der Waals surface area contributed by atoms with E-state index < -0.39 is 44.8 Å². The van der Waals surface area contributed by atoms with E-state index in [4.69, 9.17) is 40.2 Å². The van der Waals surface area contributed by atoms with Gasteiger partial charge >= 0.3 is 37.7 Å². The van der Waals surface area contributed by atoms with Crippen LogP contribution >= 0.6 is 0 Å². The van der Waals surface area contributed by atoms with E-state index in [1.165, 1.54) is 0 Å². The quantitative estimate of drug-likeness (QED) is 0.289. The average molecular weight is 266 g/mol. The van der Waals surface area contributed by atoms with Gasteiger partial charge in [0, 0.05) is 12.9 Å². The maximum atomic E-state index is 8.50. The third-order valence-corrected chi connectivity index (χ3v) is 1.34. The number of carbonyl (C=O) groups excluding carboxylic acids is 2. The minimum Gasteiger partial charge on any atom is -0.554 e. The maximum Gasteiger partial charge on any atom is 2.00 e. The van der Waals surface area contributed by atoms with Crippen LogP contribution in [-0.2, 0) is 9.59 Å². The summed E-state index contributed by atoms with van der Waals surface area (Å²) in [5.74, 6) is 0. The van der Waals surface area contributed by atoms with E-state index in [1.54, 1.807) is 0 Å². The average Bonchev–Trinajstić information content (AvgIpc) is 2.24. The fourth-order valence-electron chi connectivity index (χ4n) is 0.300. The van der Waals surface area contributed by atoms with E-state index in [0.29, 0.717) is 0 Å². The van der Waals surface area contributed by atoms with Crippen molar-refractivity contribution in [1.29, 1.82) is 0 Å². The molecule has 0 saturated heterocycles. The molecule has 0 bridgehead atoms. The van der Waals surface area contributed by atoms with Crippen LogP contribution in [0.5, 0.6) is 0 Å². The van der Waals surface area contributed by atoms with Gasteiger partial charge in [-0.05, 0) is 0 Å². The van der Waals surface area contributed by atoms with Crippen LogP contribution in [0.15, 0.2) is 0 Å². The van der Waals surface area contributed by atoms with Gasteiger partial charge in [0.1, 0.15) is 0 Å². The van der Waals surface area contributed by atoms with Crippen LogP contribution in [-0.4, -0.2) is 97.5 Å². The largest absolute Gasteiger partial charge is 2.00 e. The van der Waals surface area contributed by atoms with Crippen molar-refractivity contribution in [2.24, 2.45) is 5.41 Å². The summed E-state index contributed by atoms with van der Waals surface area (Å²) in [4.78, 5) is 16.5. The van der Waals surface area contributed by atoms with Gasteiger partial charge in [0.15, 0.2) is 0 Å². The predicted octanol–water partition coefficient (Wildman–Crippen LogP) is -5.71. The van der Waals surface area contributed by atoms with Crippen molar-refractivity contribution >= 4 is 50.7 Å². The Morgan fingerprint density at radius 2 is 0.938 bits per heavy atom. The molecule has 0 aliphatic carbocycles. The van der Waals surface area contributed by atoms with Gasteiger partial charge < -0.3 is 40.2 Å². The van der Waals surface area contributed by atoms with Crippen molar-refractivity contribution in [3.05, 3.63) is 0 Å². The summed E-state index contributed by atoms with van der Waals surface area (Å²) in [5.41, 5.74) is -1.11. The van der Waals surface area contributed by atoms with Crippen LogP contribution in [0.2, 0.25) is 0 Å². The van der Waals surface area contributed by atoms with E-state index >= 15 is 0 Å². The molecule has 0 rings (SSSR count). The SMILES string of the molecule is O=C[O-].O=C[O-].OCC(CO)(CO)CO.[Ca+2]. The van der Waals surface area contributed by atoms with Crippen molar-refractivity contribution in [2.75, 3.05) is 26.4 Å². The molecule has 92 valence electrons. The number of aliphatic hydroxyl groups excluding tert-OH is 4. The van der Waals surface area contributed by atoms with Gasteiger partial charge in [-0.15, -0.1) is 0 Å². The molecule has 4 N–H and O–H groups in total. The van der Waals surface area contributed by atoms with Gasteiger partial charge in [0.05, 0.1) is 31.8 Å². The molecule has 0 atom stereocenters. The minimum absolute atomic E-state index is 0. The summed E-state index contributed by atoms with van der Waals surface area (Å²) in [6.45, 7) is -2.62. The Morgan fingerprint density at radius 1 is 0.812 bits per heavy atom. The molecule has 9 heteroatoms. The van der Waals surface area contributed by atoms with Gasteiger partial charge in [0.2, 0.25) is 0 Å². The summed E-state index contributed by atoms with van der Waals surface area (Å²) in [5, 5.41) is 50.5. The van der Waals surface area contributed by atoms with Gasteiger partial charge in [-0.25, -0.2) is 0 Å². The monoisotopic (exact) mass is 266 g/mol. The molecule has 8 nitrogen and oxygen atoms in total. The normalized spacial score (nSPS) is 8.25. The summed E-state index contributed by atoms with van der Waals surface area (Å²) >= 11 is 0. The molecular formula is C7H14CaO8. The molecule has 0 aromatic carbocycles. The molecule has 0 aliphatic heterocycles. The Balaban J connectivity index is -0.0000000870. The van der Waals surface area contributed by atoms with Crippen LogP contribution < -0.4 is 10.2 Å². The standard InChI is InChI=1S/C5H12O4.2CH2O2.Ca/c6-1-5(2-7,3-8)4-9;2*2-1-3;/h6-9H,1-4H2;2*1H,(H,2,3);/q;;;+2/p-2. The number of carbonyl (C=O) groups is 2. The summed E-state index contributed by atoms with van der Waals surface area (Å²) in [6.07, 6.45) is 0. The first-order chi connectivity index (χ1) is 7.07. The molecule has 0 aromatic rings. The zero-order valence-corrected chi connectivity index (χ0v) is 10.8. The van der Waals surface area contributed by atoms with E-state index in [-0.39, 0.29) is 37.7 Å². The van der Waals surface area contributed by atoms with Crippen molar-refractivity contribution in [3.8, 4) is 0 Å². The molecule has 0 saturated carbocycles. The Morgan fingerprint density at radius 3 is 0.938 bits per heavy atom. The Hall–Kier alpha value is 0.0397. The molecule has 0 unspecified atom stereocenters. The second-order valence-corrected chi connectivity index (χ2v) is 2.32. The van der Waals surface area contributed by atoms with Crippen LogP contribution in [0.3, 0.4) is 0 Å². The molecule has 0 heterocycles. The first-order valence-corrected chi connectivity index (χ1v) is 3.62. The Labute approximate surface area is 122 Å². The molecule has 0 aromatic heterocycles. The van der Waals surface area contributed by atoms with E-state index in [2.05, 4.69) is 0 Å². The number of carboxylic acid groups (broad SMARTS) is 2. The fourth-order valence-corrected chi connectivity index (χ4v) is 0.300. The second-order valence-electron chi connectivity index (χ2n) is 2.32. The topological polar surface area (TPSA) is 161 Å². The zero-order chi connectivity index (χ0) is 12.7. The van der Waals surface area contributed by atoms with Gasteiger partial charge in [0.25, 0.3) is 0 Å². The second kappa shape index (κ2) is 20.5. The summed E-state index contributed by atoms with van der Waals surface area (Å²) in [7, 11) is 0. The van der Waals surface area contributed by atoms with Gasteiger partial charge in [-0.3, -0.25) is 0 Å². The number of rotatable bonds is 4. The van der Waals surface area contributed by atoms with Crippen molar-refractivity contribution in [2.45, 2.75) is 0 Å². The van der Waals surface area contributed by atoms with E-state index in [0.717, 1.165) is 0 Å². The molecule has 0 fully saturated rings. The Bertz CT molecular complexity index is 115. The smallest absolute Gasteiger partial charge is 0.554 e. The first-order valence-electron chi connectivity index (χ1n) is 3.62. The van der Waals surface area contributed by atoms with Crippen molar-refractivity contribution in [1.82, 2.24) is 0 Å². The molecule has 0 spiro atoms. The molecule has 0 amide bonds. The number of aliphatic hydroxyl groups is 4. The van der Waals surface area contributed by atoms with Crippen molar-refractivity contribution < 1.29 is 40.2 Å². The van der Waals surface area contributed by atoms with Crippen LogP contribution in [0.25, 0.3) is 0 Å². The van der Waals surface area contributed by atoms with Crippen LogP contribution in [0.1, 0.15) is 0 Å². The van der Waals surface area contributed by atoms with E-state index in [9.17, 15) is 0 Å². The summed E-state index contributed by atoms with van der Waals surface area (Å²) in [6, 6.07) is 0. The fraction of sp³-hybridized carbons (Fsp3) is 0.714. The minimum atomic E-state index is -1.11. The third kappa shape index (κ3) is 16.5. The number of hydrogen-bond donors (Lipinski definition) is 4. The third-order valence-electron chi connectivity index (χ3n) is 1.34. The molecule has 16 heavy (non-hydrogen) atoms. The van der Waals surface area contributed by atoms with E-state index in [1.807, 2.05) is 0 Å². The molecule has 0 aliphatic rings. The van der Waals surface area contributed by atoms with Crippen molar-refractivity contribution in [3.63, 3.8) is 0 Å². The predicted molar refractivity (Wildman–Crippen MR) is 48.7 cm³/mol. The van der Waals surface area contributed by atoms with Crippen LogP contribution in [0, 0.1) is 5.41 Å². The first kappa shape index (κ1) is 25.0. The molecule has 0 radical (unpaired) electrons.